The molecular formula is C18H24N6OS. The molecule has 26 heavy (non-hydrogen) atoms. The Bertz CT molecular complexity index is 786. The molecule has 8 heteroatoms. The fourth-order valence-electron chi connectivity index (χ4n) is 2.10. The van der Waals surface area contributed by atoms with E-state index in [2.05, 4.69) is 47.4 Å². The van der Waals surface area contributed by atoms with E-state index >= 15 is 0 Å². The first kappa shape index (κ1) is 19.8. The van der Waals surface area contributed by atoms with Gasteiger partial charge in [-0.05, 0) is 11.5 Å². The highest BCUT2D eigenvalue weighted by atomic mass is 32.2. The number of carbonyl (C=O) groups excluding carboxylic acids is 1. The molecule has 2 N–H and O–H groups in total. The van der Waals surface area contributed by atoms with Crippen molar-refractivity contribution < 1.29 is 4.79 Å². The summed E-state index contributed by atoms with van der Waals surface area (Å²) in [5.74, 6) is 0.426. The van der Waals surface area contributed by atoms with E-state index in [0.717, 1.165) is 10.7 Å². The Balaban J connectivity index is 2.12. The Labute approximate surface area is 158 Å². The van der Waals surface area contributed by atoms with Crippen molar-refractivity contribution >= 4 is 29.2 Å². The molecular weight excluding hydrogens is 348 g/mol. The Kier molecular flexibility index (Phi) is 6.27. The second-order valence-corrected chi connectivity index (χ2v) is 7.95. The van der Waals surface area contributed by atoms with Crippen molar-refractivity contribution in [2.75, 3.05) is 26.0 Å². The van der Waals surface area contributed by atoms with Gasteiger partial charge in [-0.2, -0.15) is 5.26 Å². The third kappa shape index (κ3) is 4.99. The number of rotatable bonds is 5. The molecule has 1 aliphatic heterocycles. The number of thioether (sulfide) groups is 1. The van der Waals surface area contributed by atoms with Gasteiger partial charge in [0.15, 0.2) is 0 Å². The van der Waals surface area contributed by atoms with Gasteiger partial charge in [-0.15, -0.1) is 0 Å². The molecule has 0 fully saturated rings. The van der Waals surface area contributed by atoms with Crippen LogP contribution in [0, 0.1) is 16.7 Å². The van der Waals surface area contributed by atoms with Crippen LogP contribution in [0.2, 0.25) is 0 Å². The number of nitriles is 1. The van der Waals surface area contributed by atoms with Gasteiger partial charge in [0, 0.05) is 44.4 Å². The highest BCUT2D eigenvalue weighted by Gasteiger charge is 2.25. The van der Waals surface area contributed by atoms with Crippen molar-refractivity contribution in [1.29, 1.82) is 5.26 Å². The van der Waals surface area contributed by atoms with Crippen molar-refractivity contribution in [3.05, 3.63) is 34.1 Å². The van der Waals surface area contributed by atoms with Crippen LogP contribution in [0.4, 0.5) is 5.95 Å². The van der Waals surface area contributed by atoms with Gasteiger partial charge in [0.1, 0.15) is 11.6 Å². The van der Waals surface area contributed by atoms with E-state index < -0.39 is 0 Å². The van der Waals surface area contributed by atoms with E-state index in [4.69, 9.17) is 0 Å². The zero-order valence-corrected chi connectivity index (χ0v) is 16.6. The van der Waals surface area contributed by atoms with Crippen LogP contribution in [0.15, 0.2) is 28.4 Å². The summed E-state index contributed by atoms with van der Waals surface area (Å²) < 4.78 is 0. The smallest absolute Gasteiger partial charge is 0.223 e. The molecule has 2 rings (SSSR count). The molecule has 1 aliphatic rings. The molecule has 0 spiro atoms. The minimum atomic E-state index is -0.0212. The molecule has 2 heterocycles. The van der Waals surface area contributed by atoms with Gasteiger partial charge in [-0.3, -0.25) is 4.79 Å². The zero-order valence-electron chi connectivity index (χ0n) is 15.8. The second kappa shape index (κ2) is 8.23. The van der Waals surface area contributed by atoms with Crippen molar-refractivity contribution in [1.82, 2.24) is 20.2 Å². The van der Waals surface area contributed by atoms with Gasteiger partial charge in [-0.1, -0.05) is 32.5 Å². The van der Waals surface area contributed by atoms with Gasteiger partial charge >= 0.3 is 0 Å². The molecule has 7 nitrogen and oxygen atoms in total. The van der Waals surface area contributed by atoms with Gasteiger partial charge in [0.25, 0.3) is 0 Å². The van der Waals surface area contributed by atoms with Crippen LogP contribution in [0.5, 0.6) is 0 Å². The fraction of sp³-hybridized carbons (Fsp3) is 0.444. The topological polar surface area (TPSA) is 93.9 Å². The van der Waals surface area contributed by atoms with Gasteiger partial charge in [0.05, 0.1) is 10.7 Å². The standard InChI is InChI=1S/C18H24N6OS/c1-18(2,3)14-11-26-16(23-14)12(10-19)13-6-8-20-17(22-13)21-9-7-15(25)24(4)5/h6,8,11,23H,7,9H2,1-5H3,(H,20,21,22)/b16-12-. The molecule has 1 amide bonds. The zero-order chi connectivity index (χ0) is 19.3. The second-order valence-electron chi connectivity index (χ2n) is 7.07. The quantitative estimate of drug-likeness (QED) is 0.768. The molecule has 0 radical (unpaired) electrons. The summed E-state index contributed by atoms with van der Waals surface area (Å²) in [6.45, 7) is 6.77. The van der Waals surface area contributed by atoms with Gasteiger partial charge in [0.2, 0.25) is 11.9 Å². The summed E-state index contributed by atoms with van der Waals surface area (Å²) in [7, 11) is 3.44. The maximum Gasteiger partial charge on any atom is 0.223 e. The lowest BCUT2D eigenvalue weighted by molar-refractivity contribution is -0.128. The number of amides is 1. The molecule has 0 aromatic carbocycles. The lowest BCUT2D eigenvalue weighted by Gasteiger charge is -2.20. The lowest BCUT2D eigenvalue weighted by Crippen LogP contribution is -2.24. The van der Waals surface area contributed by atoms with Crippen LogP contribution in [-0.4, -0.2) is 41.4 Å². The Morgan fingerprint density at radius 1 is 1.42 bits per heavy atom. The third-order valence-electron chi connectivity index (χ3n) is 3.72. The summed E-state index contributed by atoms with van der Waals surface area (Å²) in [6.07, 6.45) is 1.96. The summed E-state index contributed by atoms with van der Waals surface area (Å²) in [6, 6.07) is 3.94. The van der Waals surface area contributed by atoms with Crippen LogP contribution < -0.4 is 10.6 Å². The van der Waals surface area contributed by atoms with Crippen molar-refractivity contribution in [2.45, 2.75) is 27.2 Å². The number of aromatic nitrogens is 2. The SMILES string of the molecule is CN(C)C(=O)CCNc1nccc(/C(C#N)=C2/NC(C(C)(C)C)=CS2)n1. The number of nitrogens with one attached hydrogen (secondary N) is 2. The molecule has 0 bridgehead atoms. The van der Waals surface area contributed by atoms with Crippen LogP contribution in [0.3, 0.4) is 0 Å². The first-order valence-electron chi connectivity index (χ1n) is 8.28. The third-order valence-corrected chi connectivity index (χ3v) is 4.62. The number of anilines is 1. The number of carbonyl (C=O) groups is 1. The van der Waals surface area contributed by atoms with E-state index in [9.17, 15) is 10.1 Å². The maximum atomic E-state index is 11.6. The van der Waals surface area contributed by atoms with Gasteiger partial charge in [-0.25, -0.2) is 9.97 Å². The van der Waals surface area contributed by atoms with E-state index in [0.29, 0.717) is 30.2 Å². The van der Waals surface area contributed by atoms with E-state index in [-0.39, 0.29) is 11.3 Å². The van der Waals surface area contributed by atoms with Crippen molar-refractivity contribution in [3.8, 4) is 6.07 Å². The highest BCUT2D eigenvalue weighted by molar-refractivity contribution is 8.06. The number of hydrogen-bond donors (Lipinski definition) is 2. The molecule has 0 saturated heterocycles. The predicted octanol–water partition coefficient (Wildman–Crippen LogP) is 2.78. The van der Waals surface area contributed by atoms with Crippen molar-refractivity contribution in [2.24, 2.45) is 5.41 Å². The molecule has 138 valence electrons. The van der Waals surface area contributed by atoms with Gasteiger partial charge < -0.3 is 15.5 Å². The molecule has 0 unspecified atom stereocenters. The van der Waals surface area contributed by atoms with Crippen LogP contribution >= 0.6 is 11.8 Å². The normalized spacial score (nSPS) is 15.6. The summed E-state index contributed by atoms with van der Waals surface area (Å²) in [4.78, 5) is 21.7. The Morgan fingerprint density at radius 3 is 2.73 bits per heavy atom. The Morgan fingerprint density at radius 2 is 2.15 bits per heavy atom. The average Bonchev–Trinajstić information content (AvgIpc) is 3.06. The van der Waals surface area contributed by atoms with E-state index in [1.54, 1.807) is 31.3 Å². The fourth-order valence-corrected chi connectivity index (χ4v) is 3.18. The number of nitrogens with zero attached hydrogens (tertiary/aromatic N) is 4. The summed E-state index contributed by atoms with van der Waals surface area (Å²) in [5.41, 5.74) is 2.06. The first-order valence-corrected chi connectivity index (χ1v) is 9.16. The lowest BCUT2D eigenvalue weighted by atomic mass is 9.93. The van der Waals surface area contributed by atoms with E-state index in [1.807, 2.05) is 5.41 Å². The van der Waals surface area contributed by atoms with E-state index in [1.165, 1.54) is 11.8 Å². The maximum absolute atomic E-state index is 11.6. The monoisotopic (exact) mass is 372 g/mol. The number of allylic oxidation sites excluding steroid dienone is 2. The van der Waals surface area contributed by atoms with Crippen LogP contribution in [0.1, 0.15) is 32.9 Å². The minimum absolute atomic E-state index is 0.0212. The molecule has 0 aliphatic carbocycles. The largest absolute Gasteiger partial charge is 0.354 e. The molecule has 1 aromatic heterocycles. The summed E-state index contributed by atoms with van der Waals surface area (Å²) >= 11 is 1.49. The average molecular weight is 372 g/mol. The first-order chi connectivity index (χ1) is 12.2. The molecule has 1 aromatic rings. The van der Waals surface area contributed by atoms with Crippen LogP contribution in [0.25, 0.3) is 5.57 Å². The molecule has 0 saturated carbocycles. The summed E-state index contributed by atoms with van der Waals surface area (Å²) in [5, 5.41) is 18.8. The highest BCUT2D eigenvalue weighted by Crippen LogP contribution is 2.37. The molecule has 0 atom stereocenters. The number of hydrogen-bond acceptors (Lipinski definition) is 7. The van der Waals surface area contributed by atoms with Crippen LogP contribution in [-0.2, 0) is 4.79 Å². The minimum Gasteiger partial charge on any atom is -0.354 e. The predicted molar refractivity (Wildman–Crippen MR) is 105 cm³/mol. The Hall–Kier alpha value is -2.53. The van der Waals surface area contributed by atoms with Crippen molar-refractivity contribution in [3.63, 3.8) is 0 Å².